The van der Waals surface area contributed by atoms with Crippen LogP contribution in [0.1, 0.15) is 0 Å². The van der Waals surface area contributed by atoms with Crippen molar-refractivity contribution in [3.63, 3.8) is 0 Å². The van der Waals surface area contributed by atoms with Gasteiger partial charge in [0, 0.05) is 0 Å². The van der Waals surface area contributed by atoms with Crippen LogP contribution in [0.3, 0.4) is 0 Å². The smallest absolute Gasteiger partial charge is 1.00 e. The zero-order valence-corrected chi connectivity index (χ0v) is 11.3. The van der Waals surface area contributed by atoms with Crippen LogP contribution in [-0.2, 0) is 19.5 Å². The number of ether oxygens (including phenoxy) is 2. The molecule has 14 heavy (non-hydrogen) atoms. The monoisotopic (exact) mass is 292 g/mol. The first kappa shape index (κ1) is 16.3. The van der Waals surface area contributed by atoms with Crippen molar-refractivity contribution in [1.29, 1.82) is 0 Å². The average molecular weight is 294 g/mol. The molecule has 7 heteroatoms. The molecule has 0 fully saturated rings. The summed E-state index contributed by atoms with van der Waals surface area (Å²) < 4.78 is 32.9. The normalized spacial score (nSPS) is 14.4. The average Bonchev–Trinajstić information content (AvgIpc) is 2.21. The third-order valence-corrected chi connectivity index (χ3v) is 1.31. The van der Waals surface area contributed by atoms with Crippen LogP contribution in [0.5, 0.6) is 11.5 Å². The molecule has 2 rings (SSSR count). The fraction of sp³-hybridized carbons (Fsp3) is 0.143. The van der Waals surface area contributed by atoms with E-state index in [1.807, 2.05) is 0 Å². The van der Waals surface area contributed by atoms with Gasteiger partial charge in [0.05, 0.1) is 0 Å². The Morgan fingerprint density at radius 3 is 1.64 bits per heavy atom. The molecule has 0 atom stereocenters. The summed E-state index contributed by atoms with van der Waals surface area (Å²) in [6.45, 7) is 0. The van der Waals surface area contributed by atoms with Crippen LogP contribution < -0.4 is 34.3 Å². The van der Waals surface area contributed by atoms with Crippen LogP contribution in [0.4, 0.5) is 8.78 Å². The molecule has 74 valence electrons. The van der Waals surface area contributed by atoms with E-state index in [4.69, 9.17) is 0 Å². The molecule has 0 radical (unpaired) electrons. The van der Waals surface area contributed by atoms with E-state index in [1.54, 1.807) is 12.1 Å². The van der Waals surface area contributed by atoms with E-state index >= 15 is 0 Å². The summed E-state index contributed by atoms with van der Waals surface area (Å²) >= 11 is 0. The van der Waals surface area contributed by atoms with Crippen molar-refractivity contribution in [2.45, 2.75) is 6.29 Å². The first-order valence-corrected chi connectivity index (χ1v) is 3.02. The minimum absolute atomic E-state index is 0. The van der Waals surface area contributed by atoms with Gasteiger partial charge in [0.2, 0.25) is 0 Å². The van der Waals surface area contributed by atoms with Crippen molar-refractivity contribution < 1.29 is 62.5 Å². The number of para-hydroxylation sites is 2. The molecule has 0 unspecified atom stereocenters. The molecule has 0 aromatic heterocycles. The van der Waals surface area contributed by atoms with Gasteiger partial charge >= 0.3 is 25.8 Å². The maximum atomic E-state index is 12.3. The second kappa shape index (κ2) is 5.69. The van der Waals surface area contributed by atoms with Gasteiger partial charge in [0.15, 0.2) is 11.5 Å². The number of hydrogen-bond donors (Lipinski definition) is 0. The maximum Gasteiger partial charge on any atom is 2.00 e. The van der Waals surface area contributed by atoms with Crippen molar-refractivity contribution in [2.75, 3.05) is 0 Å². The molecule has 1 aromatic rings. The maximum absolute atomic E-state index is 12.3. The molecule has 1 heterocycles. The van der Waals surface area contributed by atoms with E-state index in [9.17, 15) is 8.78 Å². The third-order valence-electron chi connectivity index (χ3n) is 1.31. The number of rotatable bonds is 0. The molecule has 1 aliphatic rings. The Kier molecular flexibility index (Phi) is 6.63. The number of halogens is 4. The third kappa shape index (κ3) is 3.23. The van der Waals surface area contributed by atoms with Gasteiger partial charge in [-0.1, -0.05) is 12.1 Å². The van der Waals surface area contributed by atoms with Gasteiger partial charge < -0.3 is 34.3 Å². The molecule has 0 saturated heterocycles. The van der Waals surface area contributed by atoms with Crippen LogP contribution in [0, 0.1) is 0 Å². The van der Waals surface area contributed by atoms with E-state index < -0.39 is 6.29 Å². The SMILES string of the molecule is FC1(F)Oc2ccccc2O1.[Cl-].[Cl-].[Zn+2]. The molecule has 1 aliphatic heterocycles. The van der Waals surface area contributed by atoms with Gasteiger partial charge in [-0.2, -0.15) is 0 Å². The Morgan fingerprint density at radius 1 is 0.929 bits per heavy atom. The molecule has 0 aliphatic carbocycles. The summed E-state index contributed by atoms with van der Waals surface area (Å²) in [4.78, 5) is 0. The second-order valence-corrected chi connectivity index (χ2v) is 2.11. The largest absolute Gasteiger partial charge is 2.00 e. The zero-order valence-electron chi connectivity index (χ0n) is 6.84. The molecule has 0 bridgehead atoms. The summed E-state index contributed by atoms with van der Waals surface area (Å²) in [7, 11) is 0. The van der Waals surface area contributed by atoms with Crippen molar-refractivity contribution in [1.82, 2.24) is 0 Å². The summed E-state index contributed by atoms with van der Waals surface area (Å²) in [5.74, 6) is 0.162. The van der Waals surface area contributed by atoms with Gasteiger partial charge in [-0.05, 0) is 12.1 Å². The van der Waals surface area contributed by atoms with Crippen molar-refractivity contribution in [3.8, 4) is 11.5 Å². The van der Waals surface area contributed by atoms with E-state index in [0.29, 0.717) is 0 Å². The Labute approximate surface area is 105 Å². The number of alkyl halides is 2. The van der Waals surface area contributed by atoms with Crippen molar-refractivity contribution >= 4 is 0 Å². The molecule has 1 aromatic carbocycles. The fourth-order valence-corrected chi connectivity index (χ4v) is 0.896. The van der Waals surface area contributed by atoms with E-state index in [-0.39, 0.29) is 55.8 Å². The zero-order chi connectivity index (χ0) is 7.90. The van der Waals surface area contributed by atoms with Gasteiger partial charge in [0.1, 0.15) is 0 Å². The summed E-state index contributed by atoms with van der Waals surface area (Å²) in [5, 5.41) is 0. The van der Waals surface area contributed by atoms with Crippen molar-refractivity contribution in [2.24, 2.45) is 0 Å². The van der Waals surface area contributed by atoms with Crippen LogP contribution >= 0.6 is 0 Å². The second-order valence-electron chi connectivity index (χ2n) is 2.11. The Morgan fingerprint density at radius 2 is 1.29 bits per heavy atom. The Hall–Kier alpha value is -0.117. The summed E-state index contributed by atoms with van der Waals surface area (Å²) in [6.07, 6.45) is -3.50. The van der Waals surface area contributed by atoms with Crippen LogP contribution in [0.2, 0.25) is 0 Å². The Balaban J connectivity index is 0. The fourth-order valence-electron chi connectivity index (χ4n) is 0.896. The predicted molar refractivity (Wildman–Crippen MR) is 32.6 cm³/mol. The molecule has 2 nitrogen and oxygen atoms in total. The van der Waals surface area contributed by atoms with Gasteiger partial charge in [-0.3, -0.25) is 0 Å². The number of benzene rings is 1. The number of hydrogen-bond acceptors (Lipinski definition) is 2. The summed E-state index contributed by atoms with van der Waals surface area (Å²) in [6, 6.07) is 6.06. The minimum atomic E-state index is -3.50. The van der Waals surface area contributed by atoms with Gasteiger partial charge in [0.25, 0.3) is 0 Å². The van der Waals surface area contributed by atoms with E-state index in [0.717, 1.165) is 0 Å². The van der Waals surface area contributed by atoms with E-state index in [2.05, 4.69) is 9.47 Å². The van der Waals surface area contributed by atoms with Gasteiger partial charge in [-0.15, -0.1) is 8.78 Å². The molecular weight excluding hydrogens is 290 g/mol. The minimum Gasteiger partial charge on any atom is -1.00 e. The molecular formula is C7H4Cl2F2O2Zn. The first-order chi connectivity index (χ1) is 5.17. The van der Waals surface area contributed by atoms with Crippen LogP contribution in [-0.4, -0.2) is 6.29 Å². The number of fused-ring (bicyclic) bond motifs is 1. The molecule has 0 amide bonds. The van der Waals surface area contributed by atoms with Crippen LogP contribution in [0.25, 0.3) is 0 Å². The molecule has 0 spiro atoms. The van der Waals surface area contributed by atoms with Crippen LogP contribution in [0.15, 0.2) is 24.3 Å². The van der Waals surface area contributed by atoms with Gasteiger partial charge in [-0.25, -0.2) is 0 Å². The summed E-state index contributed by atoms with van der Waals surface area (Å²) in [5.41, 5.74) is 0. The molecule has 0 saturated carbocycles. The Bertz CT molecular complexity index is 272. The quantitative estimate of drug-likeness (QED) is 0.454. The predicted octanol–water partition coefficient (Wildman–Crippen LogP) is -3.99. The topological polar surface area (TPSA) is 18.5 Å². The molecule has 0 N–H and O–H groups in total. The van der Waals surface area contributed by atoms with Crippen molar-refractivity contribution in [3.05, 3.63) is 24.3 Å². The van der Waals surface area contributed by atoms with E-state index in [1.165, 1.54) is 12.1 Å². The first-order valence-electron chi connectivity index (χ1n) is 3.02. The standard InChI is InChI=1S/C7H4F2O2.2ClH.Zn/c8-7(9)10-5-3-1-2-4-6(5)11-7;;;/h1-4H;2*1H;/q;;;+2/p-2.